The first kappa shape index (κ1) is 14.1. The van der Waals surface area contributed by atoms with Crippen molar-refractivity contribution in [3.8, 4) is 0 Å². The highest BCUT2D eigenvalue weighted by Gasteiger charge is 2.25. The molecule has 106 valence electrons. The maximum Gasteiger partial charge on any atom is 0.394 e. The lowest BCUT2D eigenvalue weighted by Gasteiger charge is -2.34. The van der Waals surface area contributed by atoms with E-state index >= 15 is 0 Å². The van der Waals surface area contributed by atoms with E-state index in [1.807, 2.05) is 0 Å². The minimum Gasteiger partial charge on any atom is -0.474 e. The number of allylic oxidation sites excluding steroid dienone is 1. The van der Waals surface area contributed by atoms with Crippen LogP contribution in [0.4, 0.5) is 0 Å². The second kappa shape index (κ2) is 6.70. The number of amides is 1. The molecule has 1 aliphatic heterocycles. The molecule has 5 heteroatoms. The second-order valence-electron chi connectivity index (χ2n) is 5.30. The van der Waals surface area contributed by atoms with Crippen molar-refractivity contribution in [3.05, 3.63) is 11.6 Å². The van der Waals surface area contributed by atoms with E-state index in [2.05, 4.69) is 11.0 Å². The average molecular weight is 266 g/mol. The zero-order valence-corrected chi connectivity index (χ0v) is 11.3. The normalized spacial score (nSPS) is 21.1. The number of piperazine rings is 1. The van der Waals surface area contributed by atoms with Crippen LogP contribution in [0.25, 0.3) is 0 Å². The highest BCUT2D eigenvalue weighted by Crippen LogP contribution is 2.20. The molecule has 19 heavy (non-hydrogen) atoms. The van der Waals surface area contributed by atoms with E-state index in [0.29, 0.717) is 13.1 Å². The van der Waals surface area contributed by atoms with Crippen LogP contribution in [0.15, 0.2) is 11.6 Å². The third-order valence-electron chi connectivity index (χ3n) is 3.98. The smallest absolute Gasteiger partial charge is 0.394 e. The third-order valence-corrected chi connectivity index (χ3v) is 3.98. The first-order chi connectivity index (χ1) is 9.16. The molecule has 0 radical (unpaired) electrons. The lowest BCUT2D eigenvalue weighted by molar-refractivity contribution is -0.156. The molecule has 2 aliphatic rings. The SMILES string of the molecule is O=C(O)C(=O)N1CCN(CCC2=CCCCC2)CC1. The van der Waals surface area contributed by atoms with E-state index in [-0.39, 0.29) is 0 Å². The first-order valence-electron chi connectivity index (χ1n) is 7.09. The molecular formula is C14H22N2O3. The van der Waals surface area contributed by atoms with Crippen molar-refractivity contribution in [2.45, 2.75) is 32.1 Å². The molecule has 0 aromatic heterocycles. The zero-order valence-electron chi connectivity index (χ0n) is 11.3. The molecule has 1 N–H and O–H groups in total. The second-order valence-corrected chi connectivity index (χ2v) is 5.30. The Morgan fingerprint density at radius 2 is 1.89 bits per heavy atom. The predicted molar refractivity (Wildman–Crippen MR) is 71.8 cm³/mol. The highest BCUT2D eigenvalue weighted by atomic mass is 16.4. The lowest BCUT2D eigenvalue weighted by Crippen LogP contribution is -2.50. The van der Waals surface area contributed by atoms with Crippen LogP contribution in [0.2, 0.25) is 0 Å². The molecule has 0 atom stereocenters. The standard InChI is InChI=1S/C14H22N2O3/c17-13(14(18)19)16-10-8-15(9-11-16)7-6-12-4-2-1-3-5-12/h4H,1-3,5-11H2,(H,18,19). The molecule has 0 spiro atoms. The van der Waals surface area contributed by atoms with Crippen molar-refractivity contribution in [3.63, 3.8) is 0 Å². The predicted octanol–water partition coefficient (Wildman–Crippen LogP) is 1.11. The van der Waals surface area contributed by atoms with Gasteiger partial charge in [0.1, 0.15) is 0 Å². The van der Waals surface area contributed by atoms with Crippen LogP contribution in [0.1, 0.15) is 32.1 Å². The number of carbonyl (C=O) groups is 2. The van der Waals surface area contributed by atoms with E-state index in [0.717, 1.165) is 26.1 Å². The van der Waals surface area contributed by atoms with Gasteiger partial charge in [0.05, 0.1) is 0 Å². The summed E-state index contributed by atoms with van der Waals surface area (Å²) in [6.45, 7) is 3.66. The van der Waals surface area contributed by atoms with Crippen LogP contribution in [-0.4, -0.2) is 59.5 Å². The summed E-state index contributed by atoms with van der Waals surface area (Å²) in [7, 11) is 0. The largest absolute Gasteiger partial charge is 0.474 e. The summed E-state index contributed by atoms with van der Waals surface area (Å²) >= 11 is 0. The summed E-state index contributed by atoms with van der Waals surface area (Å²) in [6.07, 6.45) is 8.57. The van der Waals surface area contributed by atoms with Gasteiger partial charge < -0.3 is 10.0 Å². The van der Waals surface area contributed by atoms with Gasteiger partial charge in [0.15, 0.2) is 0 Å². The van der Waals surface area contributed by atoms with E-state index in [1.54, 1.807) is 5.57 Å². The van der Waals surface area contributed by atoms with Crippen molar-refractivity contribution < 1.29 is 14.7 Å². The Kier molecular flexibility index (Phi) is 4.96. The molecule has 0 bridgehead atoms. The quantitative estimate of drug-likeness (QED) is 0.614. The molecule has 5 nitrogen and oxygen atoms in total. The van der Waals surface area contributed by atoms with Gasteiger partial charge in [-0.1, -0.05) is 11.6 Å². The molecule has 0 aromatic carbocycles. The van der Waals surface area contributed by atoms with E-state index in [1.165, 1.54) is 30.6 Å². The molecular weight excluding hydrogens is 244 g/mol. The molecule has 0 saturated carbocycles. The van der Waals surface area contributed by atoms with Gasteiger partial charge in [-0.25, -0.2) is 4.79 Å². The number of hydrogen-bond acceptors (Lipinski definition) is 3. The van der Waals surface area contributed by atoms with Crippen molar-refractivity contribution in [2.24, 2.45) is 0 Å². The van der Waals surface area contributed by atoms with Gasteiger partial charge in [0.25, 0.3) is 0 Å². The maximum absolute atomic E-state index is 11.3. The third kappa shape index (κ3) is 4.06. The van der Waals surface area contributed by atoms with Gasteiger partial charge >= 0.3 is 11.9 Å². The zero-order chi connectivity index (χ0) is 13.7. The van der Waals surface area contributed by atoms with Crippen LogP contribution >= 0.6 is 0 Å². The van der Waals surface area contributed by atoms with Crippen LogP contribution in [0.3, 0.4) is 0 Å². The fourth-order valence-electron chi connectivity index (χ4n) is 2.74. The number of rotatable bonds is 3. The van der Waals surface area contributed by atoms with E-state index < -0.39 is 11.9 Å². The minimum atomic E-state index is -1.35. The molecule has 1 heterocycles. The van der Waals surface area contributed by atoms with Gasteiger partial charge in [0.2, 0.25) is 0 Å². The van der Waals surface area contributed by atoms with Crippen molar-refractivity contribution in [1.29, 1.82) is 0 Å². The Labute approximate surface area is 113 Å². The van der Waals surface area contributed by atoms with Crippen molar-refractivity contribution >= 4 is 11.9 Å². The summed E-state index contributed by atoms with van der Waals surface area (Å²) < 4.78 is 0. The molecule has 1 fully saturated rings. The van der Waals surface area contributed by atoms with Crippen LogP contribution in [0.5, 0.6) is 0 Å². The average Bonchev–Trinajstić information content (AvgIpc) is 2.46. The number of hydrogen-bond donors (Lipinski definition) is 1. The Morgan fingerprint density at radius 1 is 1.16 bits per heavy atom. The Hall–Kier alpha value is -1.36. The van der Waals surface area contributed by atoms with E-state index in [4.69, 9.17) is 5.11 Å². The number of carboxylic acids is 1. The molecule has 2 rings (SSSR count). The minimum absolute atomic E-state index is 0.532. The number of aliphatic carboxylic acids is 1. The number of carboxylic acid groups (broad SMARTS) is 1. The number of nitrogens with zero attached hydrogens (tertiary/aromatic N) is 2. The maximum atomic E-state index is 11.3. The Bertz CT molecular complexity index is 371. The fourth-order valence-corrected chi connectivity index (χ4v) is 2.74. The summed E-state index contributed by atoms with van der Waals surface area (Å²) in [6, 6.07) is 0. The van der Waals surface area contributed by atoms with Crippen LogP contribution in [-0.2, 0) is 9.59 Å². The molecule has 1 saturated heterocycles. The molecule has 0 aromatic rings. The highest BCUT2D eigenvalue weighted by molar-refractivity contribution is 6.31. The summed E-state index contributed by atoms with van der Waals surface area (Å²) in [5.41, 5.74) is 1.57. The molecule has 1 amide bonds. The first-order valence-corrected chi connectivity index (χ1v) is 7.09. The van der Waals surface area contributed by atoms with Gasteiger partial charge in [-0.05, 0) is 32.1 Å². The van der Waals surface area contributed by atoms with E-state index in [9.17, 15) is 9.59 Å². The summed E-state index contributed by atoms with van der Waals surface area (Å²) in [5, 5.41) is 8.66. The van der Waals surface area contributed by atoms with Crippen LogP contribution < -0.4 is 0 Å². The van der Waals surface area contributed by atoms with Crippen LogP contribution in [0, 0.1) is 0 Å². The van der Waals surface area contributed by atoms with Gasteiger partial charge in [-0.2, -0.15) is 0 Å². The molecule has 0 unspecified atom stereocenters. The van der Waals surface area contributed by atoms with Crippen molar-refractivity contribution in [1.82, 2.24) is 9.80 Å². The summed E-state index contributed by atoms with van der Waals surface area (Å²) in [5.74, 6) is -2.12. The monoisotopic (exact) mass is 266 g/mol. The van der Waals surface area contributed by atoms with Gasteiger partial charge in [-0.15, -0.1) is 0 Å². The van der Waals surface area contributed by atoms with Gasteiger partial charge in [-0.3, -0.25) is 9.69 Å². The molecule has 1 aliphatic carbocycles. The van der Waals surface area contributed by atoms with Crippen molar-refractivity contribution in [2.75, 3.05) is 32.7 Å². The van der Waals surface area contributed by atoms with Gasteiger partial charge in [0, 0.05) is 32.7 Å². The fraction of sp³-hybridized carbons (Fsp3) is 0.714. The topological polar surface area (TPSA) is 60.9 Å². The Morgan fingerprint density at radius 3 is 2.47 bits per heavy atom. The number of carbonyl (C=O) groups excluding carboxylic acids is 1. The lowest BCUT2D eigenvalue weighted by atomic mass is 9.97. The summed E-state index contributed by atoms with van der Waals surface area (Å²) in [4.78, 5) is 25.7. The Balaban J connectivity index is 1.70.